The molecule has 0 aromatic carbocycles. The van der Waals surface area contributed by atoms with Crippen molar-refractivity contribution in [1.29, 1.82) is 0 Å². The van der Waals surface area contributed by atoms with Gasteiger partial charge in [0.1, 0.15) is 11.5 Å². The number of aryl methyl sites for hydroxylation is 2. The molecule has 70 valence electrons. The first-order valence-electron chi connectivity index (χ1n) is 3.80. The molecule has 0 aliphatic rings. The fourth-order valence-corrected chi connectivity index (χ4v) is 1.07. The maximum atomic E-state index is 11.1. The highest BCUT2D eigenvalue weighted by Crippen LogP contribution is 2.09. The van der Waals surface area contributed by atoms with Crippen molar-refractivity contribution in [2.24, 2.45) is 0 Å². The van der Waals surface area contributed by atoms with Crippen LogP contribution in [0.4, 0.5) is 5.69 Å². The molecular weight excluding hydrogens is 174 g/mol. The highest BCUT2D eigenvalue weighted by atomic mass is 16.6. The van der Waals surface area contributed by atoms with Crippen molar-refractivity contribution < 1.29 is 4.92 Å². The minimum atomic E-state index is -0.704. The van der Waals surface area contributed by atoms with E-state index in [9.17, 15) is 14.9 Å². The van der Waals surface area contributed by atoms with Crippen molar-refractivity contribution in [1.82, 2.24) is 9.97 Å². The van der Waals surface area contributed by atoms with Crippen LogP contribution in [0, 0.1) is 17.0 Å². The molecule has 13 heavy (non-hydrogen) atoms. The molecular formula is C7H9N3O3. The second kappa shape index (κ2) is 3.34. The first-order chi connectivity index (χ1) is 6.06. The van der Waals surface area contributed by atoms with Crippen LogP contribution in [0.1, 0.15) is 18.4 Å². The van der Waals surface area contributed by atoms with Crippen LogP contribution in [0.2, 0.25) is 0 Å². The van der Waals surface area contributed by atoms with Crippen molar-refractivity contribution in [2.75, 3.05) is 0 Å². The Morgan fingerprint density at radius 2 is 2.23 bits per heavy atom. The summed E-state index contributed by atoms with van der Waals surface area (Å²) in [5.41, 5.74) is -0.909. The SMILES string of the molecule is CCc1nc(C)[nH]c(=O)c1[N+](=O)[O-]. The number of nitrogens with zero attached hydrogens (tertiary/aromatic N) is 2. The molecule has 0 saturated heterocycles. The van der Waals surface area contributed by atoms with Crippen LogP contribution in [0.3, 0.4) is 0 Å². The number of rotatable bonds is 2. The molecule has 1 N–H and O–H groups in total. The predicted octanol–water partition coefficient (Wildman–Crippen LogP) is 0.549. The summed E-state index contributed by atoms with van der Waals surface area (Å²) >= 11 is 0. The van der Waals surface area contributed by atoms with Gasteiger partial charge in [-0.15, -0.1) is 0 Å². The summed E-state index contributed by atoms with van der Waals surface area (Å²) in [6, 6.07) is 0. The molecule has 0 radical (unpaired) electrons. The van der Waals surface area contributed by atoms with Gasteiger partial charge in [-0.05, 0) is 13.3 Å². The van der Waals surface area contributed by atoms with Crippen molar-refractivity contribution >= 4 is 5.69 Å². The molecule has 0 saturated carbocycles. The van der Waals surface area contributed by atoms with Gasteiger partial charge in [0.05, 0.1) is 4.92 Å². The fourth-order valence-electron chi connectivity index (χ4n) is 1.07. The second-order valence-corrected chi connectivity index (χ2v) is 2.56. The van der Waals surface area contributed by atoms with Crippen LogP contribution in [-0.2, 0) is 6.42 Å². The minimum absolute atomic E-state index is 0.228. The Labute approximate surface area is 73.8 Å². The molecule has 0 spiro atoms. The summed E-state index contributed by atoms with van der Waals surface area (Å²) in [5, 5.41) is 10.5. The van der Waals surface area contributed by atoms with Crippen LogP contribution < -0.4 is 5.56 Å². The number of nitro groups is 1. The lowest BCUT2D eigenvalue weighted by Crippen LogP contribution is -2.17. The molecule has 0 aliphatic heterocycles. The molecule has 0 atom stereocenters. The molecule has 6 heteroatoms. The summed E-state index contributed by atoms with van der Waals surface area (Å²) < 4.78 is 0. The second-order valence-electron chi connectivity index (χ2n) is 2.56. The molecule has 0 amide bonds. The number of aromatic amines is 1. The van der Waals surface area contributed by atoms with Crippen LogP contribution in [0.15, 0.2) is 4.79 Å². The maximum absolute atomic E-state index is 11.1. The summed E-state index contributed by atoms with van der Waals surface area (Å²) in [6.07, 6.45) is 0.376. The van der Waals surface area contributed by atoms with Gasteiger partial charge in [-0.3, -0.25) is 14.9 Å². The van der Waals surface area contributed by atoms with Crippen molar-refractivity contribution in [3.63, 3.8) is 0 Å². The molecule has 1 rings (SSSR count). The molecule has 0 bridgehead atoms. The Bertz CT molecular complexity index is 396. The Morgan fingerprint density at radius 1 is 1.62 bits per heavy atom. The molecule has 0 aliphatic carbocycles. The van der Waals surface area contributed by atoms with Gasteiger partial charge in [0.15, 0.2) is 0 Å². The van der Waals surface area contributed by atoms with Crippen LogP contribution in [-0.4, -0.2) is 14.9 Å². The molecule has 0 fully saturated rings. The smallest absolute Gasteiger partial charge is 0.305 e. The topological polar surface area (TPSA) is 88.9 Å². The summed E-state index contributed by atoms with van der Waals surface area (Å²) in [7, 11) is 0. The third-order valence-corrected chi connectivity index (χ3v) is 1.60. The van der Waals surface area contributed by atoms with E-state index in [0.29, 0.717) is 12.2 Å². The van der Waals surface area contributed by atoms with Gasteiger partial charge < -0.3 is 4.98 Å². The van der Waals surface area contributed by atoms with Crippen LogP contribution in [0.5, 0.6) is 0 Å². The number of hydrogen-bond acceptors (Lipinski definition) is 4. The van der Waals surface area contributed by atoms with Crippen molar-refractivity contribution in [2.45, 2.75) is 20.3 Å². The van der Waals surface area contributed by atoms with E-state index in [0.717, 1.165) is 0 Å². The van der Waals surface area contributed by atoms with E-state index in [1.807, 2.05) is 0 Å². The van der Waals surface area contributed by atoms with E-state index in [2.05, 4.69) is 9.97 Å². The third-order valence-electron chi connectivity index (χ3n) is 1.60. The zero-order valence-corrected chi connectivity index (χ0v) is 7.33. The number of nitrogens with one attached hydrogen (secondary N) is 1. The quantitative estimate of drug-likeness (QED) is 0.535. The molecule has 0 unspecified atom stereocenters. The average molecular weight is 183 g/mol. The van der Waals surface area contributed by atoms with Crippen molar-refractivity contribution in [3.8, 4) is 0 Å². The largest absolute Gasteiger partial charge is 0.355 e. The van der Waals surface area contributed by atoms with E-state index >= 15 is 0 Å². The normalized spacial score (nSPS) is 10.0. The van der Waals surface area contributed by atoms with Gasteiger partial charge in [0.25, 0.3) is 0 Å². The number of H-pyrrole nitrogens is 1. The standard InChI is InChI=1S/C7H9N3O3/c1-3-5-6(10(12)13)7(11)9-4(2)8-5/h3H2,1-2H3,(H,8,9,11). The van der Waals surface area contributed by atoms with E-state index in [1.54, 1.807) is 13.8 Å². The number of hydrogen-bond donors (Lipinski definition) is 1. The van der Waals surface area contributed by atoms with Crippen LogP contribution >= 0.6 is 0 Å². The van der Waals surface area contributed by atoms with Gasteiger partial charge in [-0.25, -0.2) is 4.98 Å². The van der Waals surface area contributed by atoms with Gasteiger partial charge in [-0.1, -0.05) is 6.92 Å². The highest BCUT2D eigenvalue weighted by Gasteiger charge is 2.19. The molecule has 6 nitrogen and oxygen atoms in total. The first-order valence-corrected chi connectivity index (χ1v) is 3.80. The Hall–Kier alpha value is -1.72. The predicted molar refractivity (Wildman–Crippen MR) is 45.6 cm³/mol. The van der Waals surface area contributed by atoms with E-state index in [1.165, 1.54) is 0 Å². The zero-order valence-electron chi connectivity index (χ0n) is 7.33. The summed E-state index contributed by atoms with van der Waals surface area (Å²) in [5.74, 6) is 0.396. The first kappa shape index (κ1) is 9.37. The van der Waals surface area contributed by atoms with Crippen molar-refractivity contribution in [3.05, 3.63) is 32.0 Å². The van der Waals surface area contributed by atoms with Gasteiger partial charge in [0.2, 0.25) is 0 Å². The lowest BCUT2D eigenvalue weighted by molar-refractivity contribution is -0.387. The Balaban J connectivity index is 3.48. The fraction of sp³-hybridized carbons (Fsp3) is 0.429. The lowest BCUT2D eigenvalue weighted by atomic mass is 10.3. The molecule has 1 aromatic rings. The maximum Gasteiger partial charge on any atom is 0.355 e. The average Bonchev–Trinajstić information content (AvgIpc) is 2.01. The van der Waals surface area contributed by atoms with Gasteiger partial charge in [-0.2, -0.15) is 0 Å². The summed E-state index contributed by atoms with van der Waals surface area (Å²) in [4.78, 5) is 27.0. The molecule has 1 aromatic heterocycles. The van der Waals surface area contributed by atoms with Crippen LogP contribution in [0.25, 0.3) is 0 Å². The van der Waals surface area contributed by atoms with Gasteiger partial charge in [0, 0.05) is 0 Å². The summed E-state index contributed by atoms with van der Waals surface area (Å²) in [6.45, 7) is 3.30. The monoisotopic (exact) mass is 183 g/mol. The van der Waals surface area contributed by atoms with Gasteiger partial charge >= 0.3 is 11.2 Å². The van der Waals surface area contributed by atoms with E-state index in [4.69, 9.17) is 0 Å². The highest BCUT2D eigenvalue weighted by molar-refractivity contribution is 5.32. The molecule has 1 heterocycles. The minimum Gasteiger partial charge on any atom is -0.305 e. The Morgan fingerprint density at radius 3 is 2.69 bits per heavy atom. The van der Waals surface area contributed by atoms with E-state index < -0.39 is 16.2 Å². The Kier molecular flexibility index (Phi) is 2.41. The number of aromatic nitrogens is 2. The lowest BCUT2D eigenvalue weighted by Gasteiger charge is -1.98. The third kappa shape index (κ3) is 1.71. The van der Waals surface area contributed by atoms with E-state index in [-0.39, 0.29) is 5.69 Å². The zero-order chi connectivity index (χ0) is 10.0.